The van der Waals surface area contributed by atoms with E-state index in [9.17, 15) is 0 Å². The van der Waals surface area contributed by atoms with Crippen LogP contribution in [0.4, 0.5) is 5.69 Å². The van der Waals surface area contributed by atoms with Crippen LogP contribution in [0.1, 0.15) is 20.3 Å². The predicted octanol–water partition coefficient (Wildman–Crippen LogP) is 3.58. The van der Waals surface area contributed by atoms with E-state index >= 15 is 0 Å². The van der Waals surface area contributed by atoms with Gasteiger partial charge in [0.1, 0.15) is 11.3 Å². The highest BCUT2D eigenvalue weighted by molar-refractivity contribution is 7.80. The highest BCUT2D eigenvalue weighted by Crippen LogP contribution is 2.29. The van der Waals surface area contributed by atoms with Gasteiger partial charge in [0.15, 0.2) is 5.11 Å². The summed E-state index contributed by atoms with van der Waals surface area (Å²) in [6.07, 6.45) is 2.85. The number of nitrogens with one attached hydrogen (secondary N) is 2. The number of methoxy groups -OCH3 is 1. The molecule has 0 aliphatic carbocycles. The Labute approximate surface area is 130 Å². The number of thiocarbonyl (C=S) groups is 1. The lowest BCUT2D eigenvalue weighted by Crippen LogP contribution is -2.29. The van der Waals surface area contributed by atoms with Crippen molar-refractivity contribution in [3.8, 4) is 5.75 Å². The third kappa shape index (κ3) is 4.04. The fourth-order valence-electron chi connectivity index (χ4n) is 2.06. The van der Waals surface area contributed by atoms with Crippen molar-refractivity contribution in [2.24, 2.45) is 5.92 Å². The van der Waals surface area contributed by atoms with Crippen molar-refractivity contribution >= 4 is 33.9 Å². The number of nitrogens with zero attached hydrogens (tertiary/aromatic N) is 1. The topological polar surface area (TPSA) is 46.2 Å². The number of hydrogen-bond donors (Lipinski definition) is 2. The van der Waals surface area contributed by atoms with Gasteiger partial charge in [-0.3, -0.25) is 4.98 Å². The zero-order chi connectivity index (χ0) is 15.2. The Kier molecular flexibility index (Phi) is 5.33. The lowest BCUT2D eigenvalue weighted by molar-refractivity contribution is 0.419. The lowest BCUT2D eigenvalue weighted by Gasteiger charge is -2.14. The molecule has 112 valence electrons. The van der Waals surface area contributed by atoms with Crippen LogP contribution in [0.15, 0.2) is 30.5 Å². The maximum atomic E-state index is 5.34. The van der Waals surface area contributed by atoms with Gasteiger partial charge in [-0.1, -0.05) is 13.8 Å². The summed E-state index contributed by atoms with van der Waals surface area (Å²) in [4.78, 5) is 4.38. The molecule has 0 atom stereocenters. The molecule has 0 aliphatic rings. The van der Waals surface area contributed by atoms with Gasteiger partial charge >= 0.3 is 0 Å². The minimum absolute atomic E-state index is 0.631. The van der Waals surface area contributed by atoms with Crippen molar-refractivity contribution in [1.82, 2.24) is 10.3 Å². The Morgan fingerprint density at radius 3 is 2.86 bits per heavy atom. The maximum absolute atomic E-state index is 5.34. The number of aromatic nitrogens is 1. The van der Waals surface area contributed by atoms with Crippen LogP contribution in [0.5, 0.6) is 5.75 Å². The number of rotatable bonds is 5. The molecule has 0 bridgehead atoms. The largest absolute Gasteiger partial charge is 0.494 e. The Morgan fingerprint density at radius 1 is 1.33 bits per heavy atom. The molecular formula is C16H21N3OS. The molecule has 0 saturated carbocycles. The fourth-order valence-corrected chi connectivity index (χ4v) is 2.27. The van der Waals surface area contributed by atoms with Crippen molar-refractivity contribution in [3.63, 3.8) is 0 Å². The Bertz CT molecular complexity index is 628. The van der Waals surface area contributed by atoms with E-state index in [1.165, 1.54) is 0 Å². The molecule has 2 N–H and O–H groups in total. The number of benzene rings is 1. The average Bonchev–Trinajstić information content (AvgIpc) is 2.47. The molecule has 1 aromatic heterocycles. The van der Waals surface area contributed by atoms with Crippen LogP contribution in [0.25, 0.3) is 10.9 Å². The fraction of sp³-hybridized carbons (Fsp3) is 0.375. The van der Waals surface area contributed by atoms with E-state index in [4.69, 9.17) is 17.0 Å². The molecule has 1 aromatic carbocycles. The summed E-state index contributed by atoms with van der Waals surface area (Å²) in [5.74, 6) is 1.42. The maximum Gasteiger partial charge on any atom is 0.170 e. The molecule has 0 amide bonds. The summed E-state index contributed by atoms with van der Waals surface area (Å²) in [7, 11) is 1.65. The molecule has 1 heterocycles. The number of hydrogen-bond acceptors (Lipinski definition) is 3. The molecule has 2 aromatic rings. The van der Waals surface area contributed by atoms with Crippen LogP contribution in [0.2, 0.25) is 0 Å². The molecule has 0 aliphatic heterocycles. The van der Waals surface area contributed by atoms with E-state index in [-0.39, 0.29) is 0 Å². The van der Waals surface area contributed by atoms with E-state index in [2.05, 4.69) is 29.5 Å². The Balaban J connectivity index is 2.14. The minimum Gasteiger partial charge on any atom is -0.494 e. The molecule has 2 rings (SSSR count). The van der Waals surface area contributed by atoms with E-state index in [1.54, 1.807) is 13.3 Å². The van der Waals surface area contributed by atoms with Gasteiger partial charge in [0.05, 0.1) is 7.11 Å². The molecule has 0 radical (unpaired) electrons. The lowest BCUT2D eigenvalue weighted by atomic mass is 10.1. The number of pyridine rings is 1. The van der Waals surface area contributed by atoms with Crippen molar-refractivity contribution in [1.29, 1.82) is 0 Å². The second-order valence-electron chi connectivity index (χ2n) is 5.28. The first-order valence-corrected chi connectivity index (χ1v) is 7.49. The first-order chi connectivity index (χ1) is 10.1. The smallest absolute Gasteiger partial charge is 0.170 e. The monoisotopic (exact) mass is 303 g/mol. The van der Waals surface area contributed by atoms with Gasteiger partial charge in [0.25, 0.3) is 0 Å². The zero-order valence-electron chi connectivity index (χ0n) is 12.6. The highest BCUT2D eigenvalue weighted by Gasteiger charge is 2.08. The summed E-state index contributed by atoms with van der Waals surface area (Å²) in [5.41, 5.74) is 1.76. The standard InChI is InChI=1S/C16H21N3OS/c1-11(2)8-10-18-16(21)19-13-6-7-14(20-3)15-12(13)5-4-9-17-15/h4-7,9,11H,8,10H2,1-3H3,(H2,18,19,21). The molecule has 5 heteroatoms. The van der Waals surface area contributed by atoms with Crippen LogP contribution in [0.3, 0.4) is 0 Å². The summed E-state index contributed by atoms with van der Waals surface area (Å²) in [5, 5.41) is 8.08. The summed E-state index contributed by atoms with van der Waals surface area (Å²) in [6.45, 7) is 5.26. The summed E-state index contributed by atoms with van der Waals surface area (Å²) < 4.78 is 5.34. The SMILES string of the molecule is COc1ccc(NC(=S)NCCC(C)C)c2cccnc12. The van der Waals surface area contributed by atoms with Gasteiger partial charge in [-0.25, -0.2) is 0 Å². The molecule has 0 spiro atoms. The molecule has 0 unspecified atom stereocenters. The van der Waals surface area contributed by atoms with Crippen molar-refractivity contribution < 1.29 is 4.74 Å². The third-order valence-electron chi connectivity index (χ3n) is 3.21. The van der Waals surface area contributed by atoms with Gasteiger partial charge in [0, 0.05) is 23.8 Å². The number of fused-ring (bicyclic) bond motifs is 1. The Morgan fingerprint density at radius 2 is 2.14 bits per heavy atom. The second-order valence-corrected chi connectivity index (χ2v) is 5.69. The second kappa shape index (κ2) is 7.22. The Hall–Kier alpha value is -1.88. The highest BCUT2D eigenvalue weighted by atomic mass is 32.1. The van der Waals surface area contributed by atoms with Crippen LogP contribution in [-0.2, 0) is 0 Å². The first kappa shape index (κ1) is 15.5. The van der Waals surface area contributed by atoms with E-state index in [1.807, 2.05) is 24.3 Å². The average molecular weight is 303 g/mol. The van der Waals surface area contributed by atoms with Crippen molar-refractivity contribution in [3.05, 3.63) is 30.5 Å². The zero-order valence-corrected chi connectivity index (χ0v) is 13.5. The minimum atomic E-state index is 0.631. The first-order valence-electron chi connectivity index (χ1n) is 7.08. The normalized spacial score (nSPS) is 10.7. The number of anilines is 1. The van der Waals surface area contributed by atoms with Gasteiger partial charge < -0.3 is 15.4 Å². The van der Waals surface area contributed by atoms with Gasteiger partial charge in [0.2, 0.25) is 0 Å². The van der Waals surface area contributed by atoms with Crippen molar-refractivity contribution in [2.45, 2.75) is 20.3 Å². The third-order valence-corrected chi connectivity index (χ3v) is 3.45. The summed E-state index contributed by atoms with van der Waals surface area (Å²) in [6, 6.07) is 7.76. The van der Waals surface area contributed by atoms with Crippen LogP contribution >= 0.6 is 12.2 Å². The van der Waals surface area contributed by atoms with E-state index in [0.29, 0.717) is 11.0 Å². The van der Waals surface area contributed by atoms with E-state index < -0.39 is 0 Å². The van der Waals surface area contributed by atoms with Gasteiger partial charge in [-0.05, 0) is 48.8 Å². The van der Waals surface area contributed by atoms with Crippen LogP contribution in [0, 0.1) is 5.92 Å². The van der Waals surface area contributed by atoms with Crippen LogP contribution < -0.4 is 15.4 Å². The van der Waals surface area contributed by atoms with Crippen molar-refractivity contribution in [2.75, 3.05) is 19.0 Å². The number of ether oxygens (including phenoxy) is 1. The molecule has 21 heavy (non-hydrogen) atoms. The summed E-state index contributed by atoms with van der Waals surface area (Å²) >= 11 is 5.34. The quantitative estimate of drug-likeness (QED) is 0.827. The van der Waals surface area contributed by atoms with Gasteiger partial charge in [-0.15, -0.1) is 0 Å². The molecular weight excluding hydrogens is 282 g/mol. The van der Waals surface area contributed by atoms with Crippen LogP contribution in [-0.4, -0.2) is 23.8 Å². The molecule has 0 fully saturated rings. The predicted molar refractivity (Wildman–Crippen MR) is 92.0 cm³/mol. The molecule has 0 saturated heterocycles. The van der Waals surface area contributed by atoms with Gasteiger partial charge in [-0.2, -0.15) is 0 Å². The van der Waals surface area contributed by atoms with E-state index in [0.717, 1.165) is 35.3 Å². The molecule has 4 nitrogen and oxygen atoms in total.